The van der Waals surface area contributed by atoms with Gasteiger partial charge in [-0.1, -0.05) is 24.6 Å². The second-order valence-electron chi connectivity index (χ2n) is 5.46. The first kappa shape index (κ1) is 18.1. The van der Waals surface area contributed by atoms with E-state index < -0.39 is 0 Å². The molecule has 0 aromatic rings. The first-order valence-electron chi connectivity index (χ1n) is 6.73. The van der Waals surface area contributed by atoms with Crippen LogP contribution in [-0.4, -0.2) is 36.2 Å². The third-order valence-electron chi connectivity index (χ3n) is 2.33. The van der Waals surface area contributed by atoms with Crippen molar-refractivity contribution in [2.45, 2.75) is 52.0 Å². The molecule has 0 aliphatic heterocycles. The van der Waals surface area contributed by atoms with Crippen LogP contribution in [0.3, 0.4) is 0 Å². The number of carbonyl (C=O) groups excluding carboxylic acids is 2. The highest BCUT2D eigenvalue weighted by Gasteiger charge is 2.12. The standard InChI is InChI=1S/C13H27N3O2S/c1-13(2,3)16-11(17)14-9-7-5-6-8-10-15-12(18)19-4/h5-10H2,1-4H3,(H,15,18)(H2,14,16,17). The Kier molecular flexibility index (Phi) is 9.47. The topological polar surface area (TPSA) is 70.2 Å². The fourth-order valence-corrected chi connectivity index (χ4v) is 1.70. The maximum Gasteiger partial charge on any atom is 0.315 e. The number of hydrogen-bond acceptors (Lipinski definition) is 3. The van der Waals surface area contributed by atoms with E-state index in [0.29, 0.717) is 6.54 Å². The van der Waals surface area contributed by atoms with Crippen LogP contribution in [0.2, 0.25) is 0 Å². The van der Waals surface area contributed by atoms with Gasteiger partial charge in [-0.05, 0) is 39.9 Å². The Labute approximate surface area is 120 Å². The molecule has 5 nitrogen and oxygen atoms in total. The maximum atomic E-state index is 11.4. The Morgan fingerprint density at radius 3 is 1.95 bits per heavy atom. The van der Waals surface area contributed by atoms with Crippen LogP contribution in [0.15, 0.2) is 0 Å². The van der Waals surface area contributed by atoms with Crippen LogP contribution in [0.1, 0.15) is 46.5 Å². The number of urea groups is 1. The summed E-state index contributed by atoms with van der Waals surface area (Å²) in [5.74, 6) is 0. The summed E-state index contributed by atoms with van der Waals surface area (Å²) < 4.78 is 0. The lowest BCUT2D eigenvalue weighted by molar-refractivity contribution is 0.231. The Bertz CT molecular complexity index is 278. The van der Waals surface area contributed by atoms with E-state index in [4.69, 9.17) is 0 Å². The minimum absolute atomic E-state index is 0.0283. The maximum absolute atomic E-state index is 11.4. The molecule has 0 rings (SSSR count). The summed E-state index contributed by atoms with van der Waals surface area (Å²) in [6, 6.07) is -0.111. The first-order chi connectivity index (χ1) is 8.85. The fraction of sp³-hybridized carbons (Fsp3) is 0.846. The fourth-order valence-electron chi connectivity index (χ4n) is 1.45. The molecule has 0 fully saturated rings. The number of carbonyl (C=O) groups is 2. The molecule has 6 heteroatoms. The molecule has 0 spiro atoms. The molecule has 0 aromatic carbocycles. The Balaban J connectivity index is 3.32. The summed E-state index contributed by atoms with van der Waals surface area (Å²) in [5.41, 5.74) is -0.195. The van der Waals surface area contributed by atoms with Gasteiger partial charge in [0.05, 0.1) is 0 Å². The van der Waals surface area contributed by atoms with Gasteiger partial charge < -0.3 is 16.0 Å². The summed E-state index contributed by atoms with van der Waals surface area (Å²) in [5, 5.41) is 8.52. The Morgan fingerprint density at radius 1 is 0.947 bits per heavy atom. The number of thioether (sulfide) groups is 1. The highest BCUT2D eigenvalue weighted by atomic mass is 32.2. The molecule has 0 aromatic heterocycles. The van der Waals surface area contributed by atoms with Crippen LogP contribution in [0.4, 0.5) is 9.59 Å². The smallest absolute Gasteiger partial charge is 0.315 e. The van der Waals surface area contributed by atoms with Crippen molar-refractivity contribution in [3.8, 4) is 0 Å². The van der Waals surface area contributed by atoms with E-state index in [1.165, 1.54) is 11.8 Å². The van der Waals surface area contributed by atoms with Gasteiger partial charge in [-0.3, -0.25) is 4.79 Å². The highest BCUT2D eigenvalue weighted by Crippen LogP contribution is 2.00. The predicted molar refractivity (Wildman–Crippen MR) is 81.7 cm³/mol. The molecular weight excluding hydrogens is 262 g/mol. The van der Waals surface area contributed by atoms with Crippen molar-refractivity contribution in [3.63, 3.8) is 0 Å². The van der Waals surface area contributed by atoms with Crippen molar-refractivity contribution in [3.05, 3.63) is 0 Å². The van der Waals surface area contributed by atoms with Crippen molar-refractivity contribution < 1.29 is 9.59 Å². The molecule has 0 unspecified atom stereocenters. The van der Waals surface area contributed by atoms with E-state index in [2.05, 4.69) is 16.0 Å². The highest BCUT2D eigenvalue weighted by molar-refractivity contribution is 8.12. The molecule has 3 N–H and O–H groups in total. The van der Waals surface area contributed by atoms with Gasteiger partial charge in [0.2, 0.25) is 0 Å². The van der Waals surface area contributed by atoms with Gasteiger partial charge in [0.25, 0.3) is 5.24 Å². The molecule has 0 aliphatic carbocycles. The van der Waals surface area contributed by atoms with Crippen molar-refractivity contribution in [2.75, 3.05) is 19.3 Å². The van der Waals surface area contributed by atoms with Gasteiger partial charge in [-0.15, -0.1) is 0 Å². The van der Waals surface area contributed by atoms with Gasteiger partial charge in [0.1, 0.15) is 0 Å². The van der Waals surface area contributed by atoms with Gasteiger partial charge in [0, 0.05) is 18.6 Å². The molecule has 3 amide bonds. The van der Waals surface area contributed by atoms with E-state index in [9.17, 15) is 9.59 Å². The normalized spacial score (nSPS) is 10.9. The quantitative estimate of drug-likeness (QED) is 0.631. The predicted octanol–water partition coefficient (Wildman–Crippen LogP) is 2.72. The molecule has 0 saturated carbocycles. The number of hydrogen-bond donors (Lipinski definition) is 3. The molecule has 0 bridgehead atoms. The second kappa shape index (κ2) is 9.95. The number of unbranched alkanes of at least 4 members (excludes halogenated alkanes) is 3. The summed E-state index contributed by atoms with van der Waals surface area (Å²) >= 11 is 1.20. The van der Waals surface area contributed by atoms with Gasteiger partial charge in [-0.2, -0.15) is 0 Å². The average Bonchev–Trinajstić information content (AvgIpc) is 2.29. The van der Waals surface area contributed by atoms with Crippen molar-refractivity contribution in [1.82, 2.24) is 16.0 Å². The van der Waals surface area contributed by atoms with Crippen LogP contribution < -0.4 is 16.0 Å². The molecular formula is C13H27N3O2S. The van der Waals surface area contributed by atoms with Crippen molar-refractivity contribution in [2.24, 2.45) is 0 Å². The van der Waals surface area contributed by atoms with Crippen LogP contribution in [0.5, 0.6) is 0 Å². The summed E-state index contributed by atoms with van der Waals surface area (Å²) in [6.45, 7) is 7.29. The molecule has 0 radical (unpaired) electrons. The molecule has 0 heterocycles. The number of amides is 3. The summed E-state index contributed by atoms with van der Waals surface area (Å²) in [7, 11) is 0. The van der Waals surface area contributed by atoms with Gasteiger partial charge >= 0.3 is 6.03 Å². The molecule has 112 valence electrons. The zero-order chi connectivity index (χ0) is 14.7. The molecule has 0 atom stereocenters. The SMILES string of the molecule is CSC(=O)NCCCCCCNC(=O)NC(C)(C)C. The van der Waals surface area contributed by atoms with E-state index in [-0.39, 0.29) is 16.8 Å². The lowest BCUT2D eigenvalue weighted by Gasteiger charge is -2.20. The monoisotopic (exact) mass is 289 g/mol. The van der Waals surface area contributed by atoms with Crippen molar-refractivity contribution >= 4 is 23.0 Å². The van der Waals surface area contributed by atoms with E-state index in [0.717, 1.165) is 32.2 Å². The molecule has 19 heavy (non-hydrogen) atoms. The minimum Gasteiger partial charge on any atom is -0.347 e. The largest absolute Gasteiger partial charge is 0.347 e. The lowest BCUT2D eigenvalue weighted by Crippen LogP contribution is -2.46. The van der Waals surface area contributed by atoms with Crippen LogP contribution in [-0.2, 0) is 0 Å². The van der Waals surface area contributed by atoms with Crippen LogP contribution >= 0.6 is 11.8 Å². The number of nitrogens with one attached hydrogen (secondary N) is 3. The van der Waals surface area contributed by atoms with E-state index >= 15 is 0 Å². The summed E-state index contributed by atoms with van der Waals surface area (Å²) in [6.07, 6.45) is 5.85. The van der Waals surface area contributed by atoms with E-state index in [1.54, 1.807) is 6.26 Å². The zero-order valence-electron chi connectivity index (χ0n) is 12.5. The first-order valence-corrected chi connectivity index (χ1v) is 7.95. The van der Waals surface area contributed by atoms with Crippen LogP contribution in [0.25, 0.3) is 0 Å². The van der Waals surface area contributed by atoms with E-state index in [1.807, 2.05) is 20.8 Å². The minimum atomic E-state index is -0.195. The molecule has 0 saturated heterocycles. The Hall–Kier alpha value is -0.910. The number of rotatable bonds is 7. The third kappa shape index (κ3) is 13.3. The van der Waals surface area contributed by atoms with Crippen LogP contribution in [0, 0.1) is 0 Å². The van der Waals surface area contributed by atoms with Crippen molar-refractivity contribution in [1.29, 1.82) is 0 Å². The second-order valence-corrected chi connectivity index (χ2v) is 6.24. The third-order valence-corrected chi connectivity index (χ3v) is 2.85. The van der Waals surface area contributed by atoms with Gasteiger partial charge in [0.15, 0.2) is 0 Å². The van der Waals surface area contributed by atoms with Gasteiger partial charge in [-0.25, -0.2) is 4.79 Å². The Morgan fingerprint density at radius 2 is 1.47 bits per heavy atom. The molecule has 0 aliphatic rings. The zero-order valence-corrected chi connectivity index (χ0v) is 13.3. The summed E-state index contributed by atoms with van der Waals surface area (Å²) in [4.78, 5) is 22.4. The average molecular weight is 289 g/mol. The lowest BCUT2D eigenvalue weighted by atomic mass is 10.1.